The fraction of sp³-hybridized carbons (Fsp3) is 0.455. The highest BCUT2D eigenvalue weighted by Crippen LogP contribution is 2.29. The lowest BCUT2D eigenvalue weighted by molar-refractivity contribution is -0.133. The van der Waals surface area contributed by atoms with E-state index in [2.05, 4.69) is 46.4 Å². The fourth-order valence-electron chi connectivity index (χ4n) is 4.07. The van der Waals surface area contributed by atoms with E-state index in [-0.39, 0.29) is 11.8 Å². The van der Waals surface area contributed by atoms with Crippen LogP contribution in [0.3, 0.4) is 0 Å². The zero-order chi connectivity index (χ0) is 20.6. The molecule has 3 heterocycles. The van der Waals surface area contributed by atoms with E-state index < -0.39 is 5.54 Å². The number of amides is 2. The Labute approximate surface area is 171 Å². The van der Waals surface area contributed by atoms with Crippen LogP contribution in [0, 0.1) is 0 Å². The number of piperazine rings is 1. The first-order chi connectivity index (χ1) is 13.9. The van der Waals surface area contributed by atoms with Gasteiger partial charge in [0.1, 0.15) is 11.2 Å². The van der Waals surface area contributed by atoms with Gasteiger partial charge in [0.2, 0.25) is 5.91 Å². The first-order valence-corrected chi connectivity index (χ1v) is 10.2. The van der Waals surface area contributed by atoms with Gasteiger partial charge in [-0.2, -0.15) is 0 Å². The predicted molar refractivity (Wildman–Crippen MR) is 110 cm³/mol. The first-order valence-electron chi connectivity index (χ1n) is 10.2. The lowest BCUT2D eigenvalue weighted by atomic mass is 9.98. The molecule has 1 aromatic carbocycles. The Morgan fingerprint density at radius 2 is 1.90 bits per heavy atom. The minimum atomic E-state index is -0.906. The number of rotatable bonds is 4. The van der Waals surface area contributed by atoms with Crippen molar-refractivity contribution in [1.29, 1.82) is 0 Å². The summed E-state index contributed by atoms with van der Waals surface area (Å²) >= 11 is 0. The number of nitrogens with zero attached hydrogens (tertiary/aromatic N) is 4. The second-order valence-electron chi connectivity index (χ2n) is 8.17. The third kappa shape index (κ3) is 3.45. The summed E-state index contributed by atoms with van der Waals surface area (Å²) in [6.45, 7) is 8.13. The van der Waals surface area contributed by atoms with Crippen LogP contribution in [0.25, 0.3) is 0 Å². The zero-order valence-corrected chi connectivity index (χ0v) is 17.2. The molecule has 2 aliphatic heterocycles. The normalized spacial score (nSPS) is 17.8. The van der Waals surface area contributed by atoms with Gasteiger partial charge in [0.25, 0.3) is 5.91 Å². The van der Waals surface area contributed by atoms with E-state index in [1.165, 1.54) is 11.1 Å². The molecule has 1 saturated heterocycles. The van der Waals surface area contributed by atoms with Crippen LogP contribution in [0.5, 0.6) is 0 Å². The fourth-order valence-corrected chi connectivity index (χ4v) is 4.07. The number of nitrogens with one attached hydrogen (secondary N) is 1. The van der Waals surface area contributed by atoms with Gasteiger partial charge in [-0.05, 0) is 31.4 Å². The van der Waals surface area contributed by atoms with Crippen LogP contribution in [0.2, 0.25) is 0 Å². The van der Waals surface area contributed by atoms with E-state index in [0.29, 0.717) is 18.8 Å². The summed E-state index contributed by atoms with van der Waals surface area (Å²) in [5.74, 6) is 0.450. The second-order valence-corrected chi connectivity index (χ2v) is 8.17. The molecule has 0 unspecified atom stereocenters. The first kappa shape index (κ1) is 19.4. The van der Waals surface area contributed by atoms with Crippen molar-refractivity contribution in [2.75, 3.05) is 18.0 Å². The molecule has 4 rings (SSSR count). The summed E-state index contributed by atoms with van der Waals surface area (Å²) in [4.78, 5) is 38.6. The van der Waals surface area contributed by atoms with E-state index >= 15 is 0 Å². The Bertz CT molecular complexity index is 931. The lowest BCUT2D eigenvalue weighted by Crippen LogP contribution is -2.63. The maximum absolute atomic E-state index is 13.2. The topological polar surface area (TPSA) is 78.4 Å². The highest BCUT2D eigenvalue weighted by molar-refractivity contribution is 5.98. The number of hydrogen-bond acceptors (Lipinski definition) is 5. The Balaban J connectivity index is 1.63. The van der Waals surface area contributed by atoms with Gasteiger partial charge in [-0.15, -0.1) is 0 Å². The van der Waals surface area contributed by atoms with E-state index in [1.54, 1.807) is 24.9 Å². The van der Waals surface area contributed by atoms with Gasteiger partial charge in [-0.1, -0.05) is 37.6 Å². The summed E-state index contributed by atoms with van der Waals surface area (Å²) in [6, 6.07) is 8.39. The Hall–Kier alpha value is -2.96. The van der Waals surface area contributed by atoms with E-state index in [0.717, 1.165) is 37.4 Å². The molecule has 29 heavy (non-hydrogen) atoms. The highest BCUT2D eigenvalue weighted by atomic mass is 16.2. The summed E-state index contributed by atoms with van der Waals surface area (Å²) in [6.07, 6.45) is 3.22. The summed E-state index contributed by atoms with van der Waals surface area (Å²) in [7, 11) is 0. The molecule has 1 fully saturated rings. The minimum Gasteiger partial charge on any atom is -0.352 e. The van der Waals surface area contributed by atoms with E-state index in [9.17, 15) is 9.59 Å². The molecule has 0 spiro atoms. The van der Waals surface area contributed by atoms with Crippen molar-refractivity contribution < 1.29 is 9.59 Å². The quantitative estimate of drug-likeness (QED) is 0.862. The van der Waals surface area contributed by atoms with Gasteiger partial charge in [0, 0.05) is 26.2 Å². The minimum absolute atomic E-state index is 0.148. The molecule has 0 saturated carbocycles. The molecule has 0 atom stereocenters. The van der Waals surface area contributed by atoms with Gasteiger partial charge in [-0.25, -0.2) is 9.97 Å². The molecule has 0 radical (unpaired) electrons. The zero-order valence-electron chi connectivity index (χ0n) is 17.2. The summed E-state index contributed by atoms with van der Waals surface area (Å²) in [5, 5.41) is 2.82. The number of carbonyl (C=O) groups excluding carboxylic acids is 2. The summed E-state index contributed by atoms with van der Waals surface area (Å²) < 4.78 is 0. The monoisotopic (exact) mass is 393 g/mol. The molecule has 2 aromatic rings. The van der Waals surface area contributed by atoms with Crippen molar-refractivity contribution in [3.63, 3.8) is 0 Å². The Morgan fingerprint density at radius 3 is 2.55 bits per heavy atom. The van der Waals surface area contributed by atoms with Crippen molar-refractivity contribution >= 4 is 17.6 Å². The second kappa shape index (κ2) is 7.46. The number of carbonyl (C=O) groups is 2. The average molecular weight is 393 g/mol. The van der Waals surface area contributed by atoms with Crippen LogP contribution in [-0.2, 0) is 24.3 Å². The van der Waals surface area contributed by atoms with Gasteiger partial charge in [-0.3, -0.25) is 9.59 Å². The molecule has 0 bridgehead atoms. The average Bonchev–Trinajstić information content (AvgIpc) is 3.14. The standard InChI is InChI=1S/C22H27N5O2/c1-4-7-17-19(26-13-15-8-5-6-9-16(15)14-26)24-12-18(25-17)20(28)27-11-10-23-21(29)22(27,2)3/h5-6,8-9,12H,4,7,10-11,13-14H2,1-3H3,(H,23,29). The molecule has 2 aliphatic rings. The van der Waals surface area contributed by atoms with Crippen molar-refractivity contribution in [3.05, 3.63) is 53.0 Å². The van der Waals surface area contributed by atoms with Crippen molar-refractivity contribution in [3.8, 4) is 0 Å². The van der Waals surface area contributed by atoms with Crippen LogP contribution < -0.4 is 10.2 Å². The number of aromatic nitrogens is 2. The molecule has 7 heteroatoms. The largest absolute Gasteiger partial charge is 0.352 e. The van der Waals surface area contributed by atoms with E-state index in [4.69, 9.17) is 4.98 Å². The summed E-state index contributed by atoms with van der Waals surface area (Å²) in [5.41, 5.74) is 2.84. The van der Waals surface area contributed by atoms with Gasteiger partial charge >= 0.3 is 0 Å². The molecule has 0 aliphatic carbocycles. The van der Waals surface area contributed by atoms with Crippen LogP contribution in [0.4, 0.5) is 5.82 Å². The number of benzene rings is 1. The lowest BCUT2D eigenvalue weighted by Gasteiger charge is -2.40. The van der Waals surface area contributed by atoms with Crippen LogP contribution >= 0.6 is 0 Å². The molecule has 152 valence electrons. The SMILES string of the molecule is CCCc1nc(C(=O)N2CCNC(=O)C2(C)C)cnc1N1Cc2ccccc2C1. The van der Waals surface area contributed by atoms with Crippen LogP contribution in [-0.4, -0.2) is 45.3 Å². The number of anilines is 1. The van der Waals surface area contributed by atoms with Gasteiger partial charge < -0.3 is 15.1 Å². The molecule has 2 amide bonds. The number of aryl methyl sites for hydroxylation is 1. The molecule has 1 N–H and O–H groups in total. The Kier molecular flexibility index (Phi) is 4.98. The molecule has 7 nitrogen and oxygen atoms in total. The maximum atomic E-state index is 13.2. The van der Waals surface area contributed by atoms with Crippen molar-refractivity contribution in [2.45, 2.75) is 52.2 Å². The third-order valence-electron chi connectivity index (χ3n) is 5.77. The molecular formula is C22H27N5O2. The molecule has 1 aromatic heterocycles. The molecular weight excluding hydrogens is 366 g/mol. The third-order valence-corrected chi connectivity index (χ3v) is 5.77. The van der Waals surface area contributed by atoms with E-state index in [1.807, 2.05) is 0 Å². The number of hydrogen-bond donors (Lipinski definition) is 1. The Morgan fingerprint density at radius 1 is 1.21 bits per heavy atom. The van der Waals surface area contributed by atoms with Gasteiger partial charge in [0.05, 0.1) is 11.9 Å². The maximum Gasteiger partial charge on any atom is 0.275 e. The highest BCUT2D eigenvalue weighted by Gasteiger charge is 2.41. The van der Waals surface area contributed by atoms with Crippen molar-refractivity contribution in [1.82, 2.24) is 20.2 Å². The predicted octanol–water partition coefficient (Wildman–Crippen LogP) is 2.30. The van der Waals surface area contributed by atoms with Gasteiger partial charge in [0.15, 0.2) is 5.82 Å². The number of fused-ring (bicyclic) bond motifs is 1. The smallest absolute Gasteiger partial charge is 0.275 e. The van der Waals surface area contributed by atoms with Crippen LogP contribution in [0.1, 0.15) is 54.5 Å². The van der Waals surface area contributed by atoms with Crippen molar-refractivity contribution in [2.24, 2.45) is 0 Å². The van der Waals surface area contributed by atoms with Crippen LogP contribution in [0.15, 0.2) is 30.5 Å².